The largest absolute Gasteiger partial charge is 0.516 e. The first-order valence-electron chi connectivity index (χ1n) is 13.5. The van der Waals surface area contributed by atoms with Crippen molar-refractivity contribution in [2.45, 2.75) is 58.0 Å². The van der Waals surface area contributed by atoms with Crippen LogP contribution in [0.1, 0.15) is 61.3 Å². The van der Waals surface area contributed by atoms with E-state index in [9.17, 15) is 31.2 Å². The van der Waals surface area contributed by atoms with Crippen LogP contribution in [0.4, 0.5) is 18.9 Å². The Morgan fingerprint density at radius 1 is 0.952 bits per heavy atom. The number of benzene rings is 3. The Hall–Kier alpha value is -4.19. The number of fused-ring (bicyclic) bond motifs is 1. The van der Waals surface area contributed by atoms with Crippen LogP contribution in [-0.4, -0.2) is 35.3 Å². The molecule has 4 rings (SSSR count). The monoisotopic (exact) mass is 600 g/mol. The van der Waals surface area contributed by atoms with E-state index in [1.54, 1.807) is 18.2 Å². The topological polar surface area (TPSA) is 110 Å². The van der Waals surface area contributed by atoms with E-state index in [1.165, 1.54) is 18.2 Å². The normalized spacial score (nSPS) is 11.9. The molecule has 8 nitrogen and oxygen atoms in total. The highest BCUT2D eigenvalue weighted by atomic mass is 32.2. The van der Waals surface area contributed by atoms with Crippen molar-refractivity contribution in [2.75, 3.05) is 5.32 Å². The number of imidazole rings is 1. The van der Waals surface area contributed by atoms with E-state index >= 15 is 0 Å². The summed E-state index contributed by atoms with van der Waals surface area (Å²) in [6, 6.07) is 18.6. The van der Waals surface area contributed by atoms with Gasteiger partial charge in [0.25, 0.3) is 5.91 Å². The van der Waals surface area contributed by atoms with Crippen LogP contribution in [0.3, 0.4) is 0 Å². The molecule has 4 aromatic rings. The maximum absolute atomic E-state index is 12.8. The van der Waals surface area contributed by atoms with Gasteiger partial charge in [0.2, 0.25) is 5.91 Å². The molecule has 0 saturated heterocycles. The maximum Gasteiger partial charge on any atom is 0.516 e. The number of amides is 2. The summed E-state index contributed by atoms with van der Waals surface area (Å²) in [6.45, 7) is 4.53. The fraction of sp³-hybridized carbons (Fsp3) is 0.300. The van der Waals surface area contributed by atoms with Crippen LogP contribution in [-0.2, 0) is 27.8 Å². The van der Waals surface area contributed by atoms with Crippen molar-refractivity contribution in [3.05, 3.63) is 83.7 Å². The Kier molecular flexibility index (Phi) is 9.35. The first-order chi connectivity index (χ1) is 19.9. The molecule has 2 amide bonds. The van der Waals surface area contributed by atoms with Gasteiger partial charge >= 0.3 is 15.5 Å². The highest BCUT2D eigenvalue weighted by molar-refractivity contribution is 7.90. The van der Waals surface area contributed by atoms with Gasteiger partial charge in [0.15, 0.2) is 0 Å². The van der Waals surface area contributed by atoms with Crippen LogP contribution < -0.4 is 10.0 Å². The number of nitrogens with one attached hydrogen (secondary N) is 2. The molecule has 0 atom stereocenters. The molecule has 1 aromatic heterocycles. The molecule has 0 radical (unpaired) electrons. The number of unbranched alkanes of at least 4 members (excludes halogenated alkanes) is 1. The van der Waals surface area contributed by atoms with Crippen molar-refractivity contribution < 1.29 is 31.2 Å². The van der Waals surface area contributed by atoms with Crippen molar-refractivity contribution in [2.24, 2.45) is 0 Å². The third-order valence-corrected chi connectivity index (χ3v) is 7.71. The van der Waals surface area contributed by atoms with Crippen LogP contribution in [0.2, 0.25) is 0 Å². The van der Waals surface area contributed by atoms with Gasteiger partial charge in [0, 0.05) is 30.6 Å². The first kappa shape index (κ1) is 30.8. The molecule has 2 N–H and O–H groups in total. The van der Waals surface area contributed by atoms with Crippen molar-refractivity contribution in [1.29, 1.82) is 0 Å². The molecule has 12 heteroatoms. The van der Waals surface area contributed by atoms with Crippen LogP contribution in [0, 0.1) is 0 Å². The van der Waals surface area contributed by atoms with E-state index < -0.39 is 21.4 Å². The molecule has 0 aliphatic heterocycles. The summed E-state index contributed by atoms with van der Waals surface area (Å²) in [5, 5.41) is 2.90. The number of alkyl halides is 3. The number of hydrogen-bond acceptors (Lipinski definition) is 5. The second-order valence-corrected chi connectivity index (χ2v) is 11.5. The lowest BCUT2D eigenvalue weighted by molar-refractivity contribution is -0.116. The minimum Gasteiger partial charge on any atom is -0.326 e. The SMILES string of the molecule is CCCCc1nc2cc(NC(=O)CCC)ccc2n1Cc1ccc(-c2ccccc2C(=O)NS(=O)(=O)C(F)(F)F)cc1. The highest BCUT2D eigenvalue weighted by Gasteiger charge is 2.47. The predicted molar refractivity (Wildman–Crippen MR) is 155 cm³/mol. The lowest BCUT2D eigenvalue weighted by atomic mass is 9.98. The van der Waals surface area contributed by atoms with Gasteiger partial charge < -0.3 is 9.88 Å². The number of halogens is 3. The molecule has 0 aliphatic carbocycles. The molecular weight excluding hydrogens is 569 g/mol. The van der Waals surface area contributed by atoms with Crippen LogP contribution in [0.5, 0.6) is 0 Å². The standard InChI is InChI=1S/C30H31F3N4O4S/c1-3-5-11-27-35-25-18-22(34-28(38)8-4-2)16-17-26(25)37(27)19-20-12-14-21(15-13-20)23-9-6-7-10-24(23)29(39)36-42(40,41)30(31,32)33/h6-7,9-10,12-18H,3-5,8,11,19H2,1-2H3,(H,34,38)(H,36,39). The molecule has 0 bridgehead atoms. The summed E-state index contributed by atoms with van der Waals surface area (Å²) in [6.07, 6.45) is 3.90. The van der Waals surface area contributed by atoms with Crippen molar-refractivity contribution in [3.63, 3.8) is 0 Å². The number of aromatic nitrogens is 2. The van der Waals surface area contributed by atoms with E-state index in [2.05, 4.69) is 16.8 Å². The predicted octanol–water partition coefficient (Wildman–Crippen LogP) is 6.41. The third-order valence-electron chi connectivity index (χ3n) is 6.65. The quantitative estimate of drug-likeness (QED) is 0.207. The van der Waals surface area contributed by atoms with Gasteiger partial charge in [-0.2, -0.15) is 21.6 Å². The zero-order valence-electron chi connectivity index (χ0n) is 23.2. The average Bonchev–Trinajstić information content (AvgIpc) is 3.27. The Balaban J connectivity index is 1.61. The lowest BCUT2D eigenvalue weighted by Gasteiger charge is -2.13. The number of rotatable bonds is 11. The molecule has 0 aliphatic rings. The number of sulfonamides is 1. The van der Waals surface area contributed by atoms with E-state index in [-0.39, 0.29) is 17.0 Å². The van der Waals surface area contributed by atoms with Gasteiger partial charge in [0.1, 0.15) is 5.82 Å². The summed E-state index contributed by atoms with van der Waals surface area (Å²) in [5.41, 5.74) is -1.73. The zero-order valence-corrected chi connectivity index (χ0v) is 24.0. The summed E-state index contributed by atoms with van der Waals surface area (Å²) in [5.74, 6) is -0.521. The number of aryl methyl sites for hydroxylation is 1. The average molecular weight is 601 g/mol. The molecular formula is C30H31F3N4O4S. The molecule has 1 heterocycles. The number of nitrogens with zero attached hydrogens (tertiary/aromatic N) is 2. The van der Waals surface area contributed by atoms with Gasteiger partial charge in [-0.1, -0.05) is 62.7 Å². The van der Waals surface area contributed by atoms with E-state index in [0.717, 1.165) is 52.8 Å². The fourth-order valence-electron chi connectivity index (χ4n) is 4.55. The molecule has 42 heavy (non-hydrogen) atoms. The zero-order chi connectivity index (χ0) is 30.5. The first-order valence-corrected chi connectivity index (χ1v) is 15.0. The molecule has 222 valence electrons. The van der Waals surface area contributed by atoms with Gasteiger partial charge in [0.05, 0.1) is 11.0 Å². The van der Waals surface area contributed by atoms with Crippen molar-refractivity contribution in [3.8, 4) is 11.1 Å². The van der Waals surface area contributed by atoms with Crippen LogP contribution in [0.25, 0.3) is 22.2 Å². The summed E-state index contributed by atoms with van der Waals surface area (Å²) < 4.78 is 64.6. The molecule has 0 fully saturated rings. The molecule has 3 aromatic carbocycles. The minimum atomic E-state index is -5.85. The Bertz CT molecular complexity index is 1700. The number of hydrogen-bond donors (Lipinski definition) is 2. The lowest BCUT2D eigenvalue weighted by Crippen LogP contribution is -2.40. The summed E-state index contributed by atoms with van der Waals surface area (Å²) in [7, 11) is -5.85. The summed E-state index contributed by atoms with van der Waals surface area (Å²) in [4.78, 5) is 29.4. The second-order valence-electron chi connectivity index (χ2n) is 9.84. The van der Waals surface area contributed by atoms with Gasteiger partial charge in [-0.25, -0.2) is 9.71 Å². The maximum atomic E-state index is 12.8. The minimum absolute atomic E-state index is 0.0522. The van der Waals surface area contributed by atoms with Crippen molar-refractivity contribution >= 4 is 38.6 Å². The molecule has 0 saturated carbocycles. The second kappa shape index (κ2) is 12.8. The van der Waals surface area contributed by atoms with Gasteiger partial charge in [-0.3, -0.25) is 9.59 Å². The number of carbonyl (C=O) groups is 2. The van der Waals surface area contributed by atoms with E-state index in [0.29, 0.717) is 24.2 Å². The highest BCUT2D eigenvalue weighted by Crippen LogP contribution is 2.28. The smallest absolute Gasteiger partial charge is 0.326 e. The Labute approximate surface area is 242 Å². The van der Waals surface area contributed by atoms with Crippen LogP contribution >= 0.6 is 0 Å². The molecule has 0 spiro atoms. The van der Waals surface area contributed by atoms with Crippen molar-refractivity contribution in [1.82, 2.24) is 14.3 Å². The van der Waals surface area contributed by atoms with E-state index in [4.69, 9.17) is 4.98 Å². The Morgan fingerprint density at radius 2 is 1.67 bits per heavy atom. The van der Waals surface area contributed by atoms with E-state index in [1.807, 2.05) is 37.3 Å². The third kappa shape index (κ3) is 6.99. The fourth-order valence-corrected chi connectivity index (χ4v) is 5.02. The Morgan fingerprint density at radius 3 is 2.33 bits per heavy atom. The van der Waals surface area contributed by atoms with Gasteiger partial charge in [-0.05, 0) is 53.8 Å². The number of anilines is 1. The number of carbonyl (C=O) groups excluding carboxylic acids is 2. The van der Waals surface area contributed by atoms with Crippen LogP contribution in [0.15, 0.2) is 66.7 Å². The summed E-state index contributed by atoms with van der Waals surface area (Å²) >= 11 is 0. The molecule has 0 unspecified atom stereocenters. The van der Waals surface area contributed by atoms with Gasteiger partial charge in [-0.15, -0.1) is 0 Å².